The molecule has 1 saturated heterocycles. The summed E-state index contributed by atoms with van der Waals surface area (Å²) in [4.78, 5) is 2.42. The van der Waals surface area contributed by atoms with Crippen molar-refractivity contribution in [3.8, 4) is 0 Å². The fraction of sp³-hybridized carbons (Fsp3) is 0.600. The summed E-state index contributed by atoms with van der Waals surface area (Å²) in [5.74, 6) is 0. The molecular weight excluding hydrogens is 224 g/mol. The molecule has 1 aliphatic heterocycles. The molecular formula is C15H24N2O. The smallest absolute Gasteiger partial charge is 0.0599 e. The van der Waals surface area contributed by atoms with E-state index in [-0.39, 0.29) is 12.6 Å². The minimum absolute atomic E-state index is 0.255. The topological polar surface area (TPSA) is 35.5 Å². The molecule has 2 rings (SSSR count). The van der Waals surface area contributed by atoms with Crippen molar-refractivity contribution in [2.24, 2.45) is 0 Å². The Morgan fingerprint density at radius 1 is 1.33 bits per heavy atom. The molecule has 2 N–H and O–H groups in total. The molecule has 1 aromatic rings. The third-order valence-corrected chi connectivity index (χ3v) is 3.66. The van der Waals surface area contributed by atoms with Crippen molar-refractivity contribution >= 4 is 0 Å². The fourth-order valence-electron chi connectivity index (χ4n) is 2.70. The van der Waals surface area contributed by atoms with E-state index in [4.69, 9.17) is 0 Å². The number of aliphatic hydroxyl groups excluding tert-OH is 1. The lowest BCUT2D eigenvalue weighted by Gasteiger charge is -2.39. The molecule has 0 radical (unpaired) electrons. The van der Waals surface area contributed by atoms with E-state index in [0.29, 0.717) is 6.04 Å². The molecule has 0 aromatic heterocycles. The van der Waals surface area contributed by atoms with E-state index in [1.807, 2.05) is 0 Å². The normalized spacial score (nSPS) is 25.2. The van der Waals surface area contributed by atoms with Crippen molar-refractivity contribution in [1.82, 2.24) is 10.2 Å². The van der Waals surface area contributed by atoms with E-state index in [1.165, 1.54) is 5.56 Å². The van der Waals surface area contributed by atoms with Gasteiger partial charge in [-0.05, 0) is 24.9 Å². The van der Waals surface area contributed by atoms with E-state index in [1.54, 1.807) is 0 Å². The van der Waals surface area contributed by atoms with Gasteiger partial charge in [-0.2, -0.15) is 0 Å². The Balaban J connectivity index is 1.91. The Bertz CT molecular complexity index is 342. The van der Waals surface area contributed by atoms with Gasteiger partial charge in [-0.25, -0.2) is 0 Å². The van der Waals surface area contributed by atoms with Crippen LogP contribution in [0.25, 0.3) is 0 Å². The number of piperazine rings is 1. The van der Waals surface area contributed by atoms with Gasteiger partial charge < -0.3 is 10.4 Å². The fourth-order valence-corrected chi connectivity index (χ4v) is 2.70. The first-order chi connectivity index (χ1) is 8.83. The average Bonchev–Trinajstić information content (AvgIpc) is 2.41. The predicted octanol–water partition coefficient (Wildman–Crippen LogP) is 1.27. The number of aliphatic hydroxyl groups is 1. The van der Waals surface area contributed by atoms with Crippen LogP contribution >= 0.6 is 0 Å². The Morgan fingerprint density at radius 2 is 2.11 bits per heavy atom. The van der Waals surface area contributed by atoms with Crippen LogP contribution in [-0.2, 0) is 6.42 Å². The molecule has 0 amide bonds. The van der Waals surface area contributed by atoms with Crippen LogP contribution in [0.15, 0.2) is 30.3 Å². The van der Waals surface area contributed by atoms with Gasteiger partial charge in [0.1, 0.15) is 0 Å². The Labute approximate surface area is 110 Å². The van der Waals surface area contributed by atoms with Crippen molar-refractivity contribution in [3.63, 3.8) is 0 Å². The van der Waals surface area contributed by atoms with Gasteiger partial charge >= 0.3 is 0 Å². The summed E-state index contributed by atoms with van der Waals surface area (Å²) >= 11 is 0. The van der Waals surface area contributed by atoms with Crippen molar-refractivity contribution < 1.29 is 5.11 Å². The van der Waals surface area contributed by atoms with Gasteiger partial charge in [0.05, 0.1) is 6.61 Å². The molecule has 18 heavy (non-hydrogen) atoms. The van der Waals surface area contributed by atoms with E-state index in [9.17, 15) is 5.11 Å². The summed E-state index contributed by atoms with van der Waals surface area (Å²) in [6.45, 7) is 5.47. The molecule has 1 aliphatic rings. The number of benzene rings is 1. The van der Waals surface area contributed by atoms with Crippen LogP contribution in [-0.4, -0.2) is 48.3 Å². The van der Waals surface area contributed by atoms with Crippen LogP contribution in [0.2, 0.25) is 0 Å². The van der Waals surface area contributed by atoms with Gasteiger partial charge in [0.2, 0.25) is 0 Å². The van der Waals surface area contributed by atoms with Gasteiger partial charge in [-0.3, -0.25) is 4.90 Å². The lowest BCUT2D eigenvalue weighted by molar-refractivity contribution is 0.0808. The second-order valence-corrected chi connectivity index (χ2v) is 5.13. The van der Waals surface area contributed by atoms with Crippen molar-refractivity contribution in [1.29, 1.82) is 0 Å². The SMILES string of the molecule is CCCN1CC(Cc2ccccc2)NCC1CO. The zero-order chi connectivity index (χ0) is 12.8. The van der Waals surface area contributed by atoms with Gasteiger partial charge in [-0.1, -0.05) is 37.3 Å². The lowest BCUT2D eigenvalue weighted by atomic mass is 10.0. The van der Waals surface area contributed by atoms with Gasteiger partial charge in [0.25, 0.3) is 0 Å². The third-order valence-electron chi connectivity index (χ3n) is 3.66. The van der Waals surface area contributed by atoms with Crippen LogP contribution in [0.3, 0.4) is 0 Å². The molecule has 1 heterocycles. The second-order valence-electron chi connectivity index (χ2n) is 5.13. The molecule has 2 atom stereocenters. The van der Waals surface area contributed by atoms with E-state index >= 15 is 0 Å². The summed E-state index contributed by atoms with van der Waals surface area (Å²) in [6.07, 6.45) is 2.22. The van der Waals surface area contributed by atoms with Gasteiger partial charge in [0.15, 0.2) is 0 Å². The maximum Gasteiger partial charge on any atom is 0.0599 e. The molecule has 3 heteroatoms. The van der Waals surface area contributed by atoms with Crippen LogP contribution in [0.5, 0.6) is 0 Å². The van der Waals surface area contributed by atoms with E-state index in [2.05, 4.69) is 47.5 Å². The highest BCUT2D eigenvalue weighted by Gasteiger charge is 2.26. The summed E-state index contributed by atoms with van der Waals surface area (Å²) in [6, 6.07) is 11.4. The van der Waals surface area contributed by atoms with Crippen LogP contribution in [0.1, 0.15) is 18.9 Å². The number of hydrogen-bond donors (Lipinski definition) is 2. The third kappa shape index (κ3) is 3.55. The predicted molar refractivity (Wildman–Crippen MR) is 74.7 cm³/mol. The highest BCUT2D eigenvalue weighted by atomic mass is 16.3. The molecule has 3 nitrogen and oxygen atoms in total. The van der Waals surface area contributed by atoms with Crippen molar-refractivity contribution in [2.45, 2.75) is 31.8 Å². The monoisotopic (exact) mass is 248 g/mol. The summed E-state index contributed by atoms with van der Waals surface area (Å²) in [7, 11) is 0. The molecule has 0 spiro atoms. The standard InChI is InChI=1S/C15H24N2O/c1-2-8-17-11-14(16-10-15(17)12-18)9-13-6-4-3-5-7-13/h3-7,14-16,18H,2,8-12H2,1H3. The van der Waals surface area contributed by atoms with Crippen LogP contribution in [0, 0.1) is 0 Å². The molecule has 0 aliphatic carbocycles. The minimum Gasteiger partial charge on any atom is -0.395 e. The highest BCUT2D eigenvalue weighted by molar-refractivity contribution is 5.16. The van der Waals surface area contributed by atoms with Gasteiger partial charge in [0, 0.05) is 25.2 Å². The quantitative estimate of drug-likeness (QED) is 0.824. The number of rotatable bonds is 5. The molecule has 0 bridgehead atoms. The zero-order valence-corrected chi connectivity index (χ0v) is 11.2. The first kappa shape index (κ1) is 13.5. The second kappa shape index (κ2) is 6.88. The van der Waals surface area contributed by atoms with E-state index in [0.717, 1.165) is 32.5 Å². The Morgan fingerprint density at radius 3 is 2.78 bits per heavy atom. The maximum absolute atomic E-state index is 9.38. The first-order valence-electron chi connectivity index (χ1n) is 6.95. The largest absolute Gasteiger partial charge is 0.395 e. The lowest BCUT2D eigenvalue weighted by Crippen LogP contribution is -2.58. The maximum atomic E-state index is 9.38. The molecule has 1 aromatic carbocycles. The summed E-state index contributed by atoms with van der Waals surface area (Å²) in [5, 5.41) is 12.9. The van der Waals surface area contributed by atoms with E-state index < -0.39 is 0 Å². The Hall–Kier alpha value is -0.900. The number of nitrogens with zero attached hydrogens (tertiary/aromatic N) is 1. The number of nitrogens with one attached hydrogen (secondary N) is 1. The first-order valence-corrected chi connectivity index (χ1v) is 6.95. The van der Waals surface area contributed by atoms with Crippen molar-refractivity contribution in [2.75, 3.05) is 26.2 Å². The molecule has 2 unspecified atom stereocenters. The molecule has 0 saturated carbocycles. The molecule has 1 fully saturated rings. The van der Waals surface area contributed by atoms with Crippen LogP contribution in [0.4, 0.5) is 0 Å². The number of hydrogen-bond acceptors (Lipinski definition) is 3. The Kier molecular flexibility index (Phi) is 5.17. The van der Waals surface area contributed by atoms with Crippen LogP contribution < -0.4 is 5.32 Å². The van der Waals surface area contributed by atoms with Gasteiger partial charge in [-0.15, -0.1) is 0 Å². The zero-order valence-electron chi connectivity index (χ0n) is 11.2. The average molecular weight is 248 g/mol. The van der Waals surface area contributed by atoms with Crippen molar-refractivity contribution in [3.05, 3.63) is 35.9 Å². The summed E-state index contributed by atoms with van der Waals surface area (Å²) < 4.78 is 0. The summed E-state index contributed by atoms with van der Waals surface area (Å²) in [5.41, 5.74) is 1.38. The molecule has 100 valence electrons. The minimum atomic E-state index is 0.255. The highest BCUT2D eigenvalue weighted by Crippen LogP contribution is 2.11.